The van der Waals surface area contributed by atoms with E-state index in [2.05, 4.69) is 50.8 Å². The van der Waals surface area contributed by atoms with Gasteiger partial charge in [0.2, 0.25) is 0 Å². The maximum Gasteiger partial charge on any atom is 0.0236 e. The molecule has 43 heavy (non-hydrogen) atoms. The van der Waals surface area contributed by atoms with E-state index in [1.165, 1.54) is 204 Å². The molecule has 1 rings (SSSR count). The van der Waals surface area contributed by atoms with Gasteiger partial charge in [-0.1, -0.05) is 199 Å². The lowest BCUT2D eigenvalue weighted by molar-refractivity contribution is 0.251. The first-order valence-corrected chi connectivity index (χ1v) is 19.5. The van der Waals surface area contributed by atoms with Crippen molar-refractivity contribution in [3.63, 3.8) is 0 Å². The first-order valence-electron chi connectivity index (χ1n) is 19.5. The van der Waals surface area contributed by atoms with Gasteiger partial charge in [-0.3, -0.25) is 4.90 Å². The van der Waals surface area contributed by atoms with Crippen LogP contribution in [0.5, 0.6) is 0 Å². The Labute approximate surface area is 271 Å². The number of unbranched alkanes of at least 4 members (excludes halogenated alkanes) is 26. The lowest BCUT2D eigenvalue weighted by Crippen LogP contribution is -2.26. The average Bonchev–Trinajstić information content (AvgIpc) is 2.99. The summed E-state index contributed by atoms with van der Waals surface area (Å²) in [5.74, 6) is 0. The Hall–Kier alpha value is -0.860. The fourth-order valence-corrected chi connectivity index (χ4v) is 6.55. The lowest BCUT2D eigenvalue weighted by atomic mass is 10.0. The molecule has 2 heteroatoms. The Morgan fingerprint density at radius 3 is 1.05 bits per heavy atom. The molecule has 0 bridgehead atoms. The molecule has 0 spiro atoms. The molecule has 2 nitrogen and oxygen atoms in total. The van der Waals surface area contributed by atoms with Crippen molar-refractivity contribution in [2.24, 2.45) is 0 Å². The Balaban J connectivity index is 0.0000176. The molecule has 0 amide bonds. The number of benzene rings is 1. The second-order valence-electron chi connectivity index (χ2n) is 13.8. The van der Waals surface area contributed by atoms with Gasteiger partial charge in [0.05, 0.1) is 0 Å². The summed E-state index contributed by atoms with van der Waals surface area (Å²) in [7, 11) is 0. The van der Waals surface area contributed by atoms with E-state index < -0.39 is 0 Å². The molecule has 0 fully saturated rings. The molecule has 254 valence electrons. The van der Waals surface area contributed by atoms with Gasteiger partial charge in [0.15, 0.2) is 0 Å². The van der Waals surface area contributed by atoms with Crippen LogP contribution in [-0.2, 0) is 6.54 Å². The first kappa shape index (κ1) is 42.1. The molecule has 0 aliphatic carbocycles. The maximum absolute atomic E-state index is 2.78. The van der Waals surface area contributed by atoms with Gasteiger partial charge in [0.1, 0.15) is 0 Å². The molecule has 0 saturated heterocycles. The van der Waals surface area contributed by atoms with E-state index >= 15 is 0 Å². The standard InChI is InChI=1S/C41H77N.H2O/c1-5-7-9-11-13-15-17-19-21-23-25-27-29-31-36-42(38-41-35-33-34-39(3)40(41)4)37-32-30-28-26-24-22-20-18-16-14-12-10-8-6-2;/h33-35H,5-32,36-38H2,1-4H3;1H2. The van der Waals surface area contributed by atoms with Crippen molar-refractivity contribution in [2.75, 3.05) is 13.1 Å². The number of rotatable bonds is 32. The molecule has 0 unspecified atom stereocenters. The van der Waals surface area contributed by atoms with E-state index in [0.717, 1.165) is 6.54 Å². The molecular formula is C41H79NO. The number of aryl methyl sites for hydroxylation is 1. The summed E-state index contributed by atoms with van der Waals surface area (Å²) in [5.41, 5.74) is 4.50. The SMILES string of the molecule is CCCCCCCCCCCCCCCCN(CCCCCCCCCCCCCCCC)Cc1cccc(C)c1C.O. The lowest BCUT2D eigenvalue weighted by Gasteiger charge is -2.24. The molecule has 0 heterocycles. The zero-order valence-electron chi connectivity index (χ0n) is 30.1. The minimum Gasteiger partial charge on any atom is -0.412 e. The highest BCUT2D eigenvalue weighted by atomic mass is 16.0. The molecular weight excluding hydrogens is 522 g/mol. The van der Waals surface area contributed by atoms with Crippen LogP contribution in [0.1, 0.15) is 210 Å². The highest BCUT2D eigenvalue weighted by molar-refractivity contribution is 5.33. The largest absolute Gasteiger partial charge is 0.412 e. The minimum absolute atomic E-state index is 0. The van der Waals surface area contributed by atoms with Crippen LogP contribution in [0.2, 0.25) is 0 Å². The second kappa shape index (κ2) is 32.5. The van der Waals surface area contributed by atoms with Gasteiger partial charge in [-0.25, -0.2) is 0 Å². The van der Waals surface area contributed by atoms with Crippen LogP contribution >= 0.6 is 0 Å². The monoisotopic (exact) mass is 602 g/mol. The van der Waals surface area contributed by atoms with Crippen LogP contribution in [0, 0.1) is 13.8 Å². The van der Waals surface area contributed by atoms with E-state index in [-0.39, 0.29) is 5.48 Å². The van der Waals surface area contributed by atoms with Crippen molar-refractivity contribution in [1.82, 2.24) is 4.90 Å². The van der Waals surface area contributed by atoms with E-state index in [0.29, 0.717) is 0 Å². The van der Waals surface area contributed by atoms with E-state index in [9.17, 15) is 0 Å². The van der Waals surface area contributed by atoms with Gasteiger partial charge in [-0.2, -0.15) is 0 Å². The summed E-state index contributed by atoms with van der Waals surface area (Å²) in [6.45, 7) is 12.9. The van der Waals surface area contributed by atoms with Crippen molar-refractivity contribution < 1.29 is 5.48 Å². The summed E-state index contributed by atoms with van der Waals surface area (Å²) in [4.78, 5) is 2.78. The Morgan fingerprint density at radius 2 is 0.721 bits per heavy atom. The fraction of sp³-hybridized carbons (Fsp3) is 0.854. The van der Waals surface area contributed by atoms with Gasteiger partial charge in [0, 0.05) is 6.54 Å². The molecule has 0 atom stereocenters. The van der Waals surface area contributed by atoms with E-state index in [1.54, 1.807) is 5.56 Å². The Kier molecular flexibility index (Phi) is 31.9. The van der Waals surface area contributed by atoms with Crippen LogP contribution in [0.4, 0.5) is 0 Å². The van der Waals surface area contributed by atoms with Gasteiger partial charge >= 0.3 is 0 Å². The Bertz CT molecular complexity index is 654. The predicted molar refractivity (Wildman–Crippen MR) is 195 cm³/mol. The molecule has 0 radical (unpaired) electrons. The zero-order chi connectivity index (χ0) is 30.4. The second-order valence-corrected chi connectivity index (χ2v) is 13.8. The first-order chi connectivity index (χ1) is 20.7. The quantitative estimate of drug-likeness (QED) is 0.0756. The third-order valence-corrected chi connectivity index (χ3v) is 9.77. The molecule has 0 aliphatic heterocycles. The fourth-order valence-electron chi connectivity index (χ4n) is 6.55. The normalized spacial score (nSPS) is 11.4. The molecule has 0 aliphatic rings. The molecule has 2 N–H and O–H groups in total. The van der Waals surface area contributed by atoms with Crippen LogP contribution < -0.4 is 0 Å². The summed E-state index contributed by atoms with van der Waals surface area (Å²) in [5, 5.41) is 0. The van der Waals surface area contributed by atoms with Gasteiger partial charge < -0.3 is 5.48 Å². The summed E-state index contributed by atoms with van der Waals surface area (Å²) < 4.78 is 0. The summed E-state index contributed by atoms with van der Waals surface area (Å²) in [6.07, 6.45) is 40.4. The van der Waals surface area contributed by atoms with E-state index in [4.69, 9.17) is 0 Å². The predicted octanol–water partition coefficient (Wildman–Crippen LogP) is 13.2. The van der Waals surface area contributed by atoms with Crippen molar-refractivity contribution >= 4 is 0 Å². The van der Waals surface area contributed by atoms with Crippen LogP contribution in [0.15, 0.2) is 18.2 Å². The zero-order valence-corrected chi connectivity index (χ0v) is 30.1. The molecule has 0 saturated carbocycles. The van der Waals surface area contributed by atoms with Gasteiger partial charge in [-0.05, 0) is 56.5 Å². The van der Waals surface area contributed by atoms with Crippen molar-refractivity contribution in [3.05, 3.63) is 34.9 Å². The summed E-state index contributed by atoms with van der Waals surface area (Å²) >= 11 is 0. The van der Waals surface area contributed by atoms with Crippen molar-refractivity contribution in [3.8, 4) is 0 Å². The Morgan fingerprint density at radius 1 is 0.419 bits per heavy atom. The van der Waals surface area contributed by atoms with Gasteiger partial charge in [0.25, 0.3) is 0 Å². The maximum atomic E-state index is 2.78. The summed E-state index contributed by atoms with van der Waals surface area (Å²) in [6, 6.07) is 6.89. The topological polar surface area (TPSA) is 34.7 Å². The number of hydrogen-bond acceptors (Lipinski definition) is 1. The minimum atomic E-state index is 0. The van der Waals surface area contributed by atoms with Crippen LogP contribution in [0.25, 0.3) is 0 Å². The average molecular weight is 602 g/mol. The van der Waals surface area contributed by atoms with Crippen molar-refractivity contribution in [1.29, 1.82) is 0 Å². The van der Waals surface area contributed by atoms with Crippen molar-refractivity contribution in [2.45, 2.75) is 214 Å². The smallest absolute Gasteiger partial charge is 0.0236 e. The van der Waals surface area contributed by atoms with Crippen LogP contribution in [-0.4, -0.2) is 23.5 Å². The third-order valence-electron chi connectivity index (χ3n) is 9.77. The highest BCUT2D eigenvalue weighted by Crippen LogP contribution is 2.18. The highest BCUT2D eigenvalue weighted by Gasteiger charge is 2.09. The van der Waals surface area contributed by atoms with Gasteiger partial charge in [-0.15, -0.1) is 0 Å². The molecule has 0 aromatic heterocycles. The molecule has 1 aromatic rings. The number of nitrogens with zero attached hydrogens (tertiary/aromatic N) is 1. The van der Waals surface area contributed by atoms with E-state index in [1.807, 2.05) is 0 Å². The van der Waals surface area contributed by atoms with Crippen LogP contribution in [0.3, 0.4) is 0 Å². The molecule has 1 aromatic carbocycles. The third kappa shape index (κ3) is 26.1. The number of hydrogen-bond donors (Lipinski definition) is 0.